The maximum atomic E-state index is 12.7. The monoisotopic (exact) mass is 425 g/mol. The average Bonchev–Trinajstić information content (AvgIpc) is 3.04. The topological polar surface area (TPSA) is 64.0 Å². The summed E-state index contributed by atoms with van der Waals surface area (Å²) in [7, 11) is -3.85. The first-order chi connectivity index (χ1) is 12.8. The van der Waals surface area contributed by atoms with E-state index in [9.17, 15) is 8.42 Å². The van der Waals surface area contributed by atoms with E-state index in [4.69, 9.17) is 23.2 Å². The lowest BCUT2D eigenvalue weighted by molar-refractivity contribution is -0.0492. The molecule has 0 aliphatic heterocycles. The highest BCUT2D eigenvalue weighted by Crippen LogP contribution is 2.58. The van der Waals surface area contributed by atoms with Gasteiger partial charge in [0.2, 0.25) is 0 Å². The van der Waals surface area contributed by atoms with Gasteiger partial charge in [0.05, 0.1) is 10.6 Å². The molecule has 1 aromatic heterocycles. The smallest absolute Gasteiger partial charge is 0.264 e. The first-order valence-electron chi connectivity index (χ1n) is 9.37. The minimum absolute atomic E-state index is 0.0407. The third-order valence-corrected chi connectivity index (χ3v) is 8.57. The van der Waals surface area contributed by atoms with E-state index in [1.807, 2.05) is 10.9 Å². The molecule has 0 saturated heterocycles. The molecule has 4 aliphatic carbocycles. The summed E-state index contributed by atoms with van der Waals surface area (Å²) in [4.78, 5) is -0.0407. The maximum absolute atomic E-state index is 12.7. The number of hydrogen-bond acceptors (Lipinski definition) is 3. The molecule has 4 bridgehead atoms. The third-order valence-electron chi connectivity index (χ3n) is 6.50. The fourth-order valence-electron chi connectivity index (χ4n) is 5.86. The zero-order valence-electron chi connectivity index (χ0n) is 14.7. The van der Waals surface area contributed by atoms with E-state index in [0.29, 0.717) is 10.8 Å². The molecular formula is C19H21Cl2N3O2S. The van der Waals surface area contributed by atoms with Crippen LogP contribution in [0.15, 0.2) is 35.4 Å². The first kappa shape index (κ1) is 17.8. The summed E-state index contributed by atoms with van der Waals surface area (Å²) in [6.45, 7) is 0. The molecular weight excluding hydrogens is 405 g/mol. The Morgan fingerprint density at radius 3 is 2.30 bits per heavy atom. The zero-order chi connectivity index (χ0) is 18.8. The molecule has 144 valence electrons. The molecule has 1 N–H and O–H groups in total. The van der Waals surface area contributed by atoms with E-state index >= 15 is 0 Å². The van der Waals surface area contributed by atoms with E-state index in [2.05, 4.69) is 9.82 Å². The van der Waals surface area contributed by atoms with Gasteiger partial charge in [-0.2, -0.15) is 5.10 Å². The molecule has 27 heavy (non-hydrogen) atoms. The Morgan fingerprint density at radius 1 is 1.04 bits per heavy atom. The molecule has 0 unspecified atom stereocenters. The van der Waals surface area contributed by atoms with Crippen molar-refractivity contribution in [2.75, 3.05) is 4.72 Å². The third kappa shape index (κ3) is 3.06. The van der Waals surface area contributed by atoms with Crippen LogP contribution in [-0.4, -0.2) is 18.2 Å². The quantitative estimate of drug-likeness (QED) is 0.755. The van der Waals surface area contributed by atoms with E-state index in [1.54, 1.807) is 12.1 Å². The lowest BCUT2D eigenvalue weighted by Crippen LogP contribution is -2.52. The molecule has 2 aromatic rings. The molecule has 0 atom stereocenters. The summed E-state index contributed by atoms with van der Waals surface area (Å²) in [5, 5.41) is 5.06. The number of halogens is 2. The number of rotatable bonds is 4. The van der Waals surface area contributed by atoms with Crippen molar-refractivity contribution in [3.63, 3.8) is 0 Å². The molecule has 1 aromatic carbocycles. The molecule has 4 aliphatic rings. The van der Waals surface area contributed by atoms with Crippen molar-refractivity contribution in [1.29, 1.82) is 0 Å². The van der Waals surface area contributed by atoms with E-state index in [-0.39, 0.29) is 15.5 Å². The molecule has 0 amide bonds. The van der Waals surface area contributed by atoms with Crippen LogP contribution in [0.4, 0.5) is 5.82 Å². The molecule has 1 heterocycles. The van der Waals surface area contributed by atoms with Crippen molar-refractivity contribution in [2.45, 2.75) is 49.0 Å². The van der Waals surface area contributed by atoms with Crippen LogP contribution >= 0.6 is 23.2 Å². The fourth-order valence-corrected chi connectivity index (χ4v) is 7.62. The van der Waals surface area contributed by atoms with Crippen molar-refractivity contribution in [3.05, 3.63) is 40.5 Å². The number of benzene rings is 1. The first-order valence-corrected chi connectivity index (χ1v) is 11.6. The number of anilines is 1. The van der Waals surface area contributed by atoms with Gasteiger partial charge in [0.25, 0.3) is 10.0 Å². The van der Waals surface area contributed by atoms with Crippen molar-refractivity contribution in [3.8, 4) is 0 Å². The van der Waals surface area contributed by atoms with Gasteiger partial charge in [-0.3, -0.25) is 9.40 Å². The van der Waals surface area contributed by atoms with Gasteiger partial charge >= 0.3 is 0 Å². The van der Waals surface area contributed by atoms with Crippen LogP contribution < -0.4 is 4.72 Å². The fraction of sp³-hybridized carbons (Fsp3) is 0.526. The SMILES string of the molecule is O=S(=O)(Nc1ccn(C23CC4CC(CC(C4)C2)C3)n1)c1cc(Cl)ccc1Cl. The second kappa shape index (κ2) is 6.13. The highest BCUT2D eigenvalue weighted by molar-refractivity contribution is 7.92. The summed E-state index contributed by atoms with van der Waals surface area (Å²) < 4.78 is 30.0. The second-order valence-corrected chi connectivity index (χ2v) is 11.0. The maximum Gasteiger partial charge on any atom is 0.264 e. The van der Waals surface area contributed by atoms with Gasteiger partial charge in [-0.25, -0.2) is 8.42 Å². The van der Waals surface area contributed by atoms with E-state index < -0.39 is 10.0 Å². The van der Waals surface area contributed by atoms with Gasteiger partial charge in [0.1, 0.15) is 4.90 Å². The minimum atomic E-state index is -3.85. The molecule has 0 radical (unpaired) electrons. The van der Waals surface area contributed by atoms with Crippen molar-refractivity contribution < 1.29 is 8.42 Å². The zero-order valence-corrected chi connectivity index (χ0v) is 17.1. The van der Waals surface area contributed by atoms with Gasteiger partial charge < -0.3 is 0 Å². The Hall–Kier alpha value is -1.24. The predicted octanol–water partition coefficient (Wildman–Crippen LogP) is 4.92. The van der Waals surface area contributed by atoms with Crippen LogP contribution in [0, 0.1) is 17.8 Å². The second-order valence-electron chi connectivity index (χ2n) is 8.47. The summed E-state index contributed by atoms with van der Waals surface area (Å²) >= 11 is 12.0. The molecule has 6 rings (SSSR count). The van der Waals surface area contributed by atoms with Crippen LogP contribution in [0.3, 0.4) is 0 Å². The van der Waals surface area contributed by atoms with Gasteiger partial charge in [-0.1, -0.05) is 23.2 Å². The Kier molecular flexibility index (Phi) is 4.05. The van der Waals surface area contributed by atoms with Gasteiger partial charge in [0.15, 0.2) is 5.82 Å². The van der Waals surface area contributed by atoms with Crippen LogP contribution in [-0.2, 0) is 15.6 Å². The molecule has 4 fully saturated rings. The summed E-state index contributed by atoms with van der Waals surface area (Å²) in [6, 6.07) is 6.12. The number of nitrogens with zero attached hydrogens (tertiary/aromatic N) is 2. The van der Waals surface area contributed by atoms with Crippen LogP contribution in [0.1, 0.15) is 38.5 Å². The summed E-state index contributed by atoms with van der Waals surface area (Å²) in [6.07, 6.45) is 9.46. The predicted molar refractivity (Wildman–Crippen MR) is 106 cm³/mol. The lowest BCUT2D eigenvalue weighted by atomic mass is 9.53. The Balaban J connectivity index is 1.42. The molecule has 5 nitrogen and oxygen atoms in total. The van der Waals surface area contributed by atoms with Crippen molar-refractivity contribution >= 4 is 39.0 Å². The lowest BCUT2D eigenvalue weighted by Gasteiger charge is -2.56. The molecule has 4 saturated carbocycles. The van der Waals surface area contributed by atoms with Gasteiger partial charge in [0, 0.05) is 17.3 Å². The van der Waals surface area contributed by atoms with Crippen molar-refractivity contribution in [1.82, 2.24) is 9.78 Å². The summed E-state index contributed by atoms with van der Waals surface area (Å²) in [5.41, 5.74) is 0.0616. The molecule has 0 spiro atoms. The molecule has 8 heteroatoms. The van der Waals surface area contributed by atoms with Crippen LogP contribution in [0.5, 0.6) is 0 Å². The van der Waals surface area contributed by atoms with Gasteiger partial charge in [-0.05, 0) is 74.5 Å². The number of hydrogen-bond donors (Lipinski definition) is 1. The Labute approximate surface area is 169 Å². The largest absolute Gasteiger partial charge is 0.264 e. The normalized spacial score (nSPS) is 32.0. The highest BCUT2D eigenvalue weighted by Gasteiger charge is 2.52. The van der Waals surface area contributed by atoms with E-state index in [0.717, 1.165) is 37.0 Å². The van der Waals surface area contributed by atoms with Crippen LogP contribution in [0.2, 0.25) is 10.0 Å². The minimum Gasteiger partial charge on any atom is -0.264 e. The highest BCUT2D eigenvalue weighted by atomic mass is 35.5. The van der Waals surface area contributed by atoms with Gasteiger partial charge in [-0.15, -0.1) is 0 Å². The van der Waals surface area contributed by atoms with Crippen molar-refractivity contribution in [2.24, 2.45) is 17.8 Å². The van der Waals surface area contributed by atoms with Crippen LogP contribution in [0.25, 0.3) is 0 Å². The standard InChI is InChI=1S/C19H21Cl2N3O2S/c20-15-1-2-16(21)17(8-15)27(25,26)23-18-3-4-24(22-18)19-9-12-5-13(10-19)7-14(6-12)11-19/h1-4,8,12-14H,5-7,9-11H2,(H,22,23). The number of aromatic nitrogens is 2. The summed E-state index contributed by atoms with van der Waals surface area (Å²) in [5.74, 6) is 2.71. The van der Waals surface area contributed by atoms with E-state index in [1.165, 1.54) is 31.4 Å². The average molecular weight is 426 g/mol. The number of nitrogens with one attached hydrogen (secondary N) is 1. The number of sulfonamides is 1. The Bertz CT molecular complexity index is 967. The Morgan fingerprint density at radius 2 is 1.67 bits per heavy atom.